The summed E-state index contributed by atoms with van der Waals surface area (Å²) in [6.07, 6.45) is 2.78. The highest BCUT2D eigenvalue weighted by atomic mass is 32.2. The molecule has 0 amide bonds. The summed E-state index contributed by atoms with van der Waals surface area (Å²) in [5.41, 5.74) is 5.48. The van der Waals surface area contributed by atoms with Crippen LogP contribution in [0.4, 0.5) is 0 Å². The smallest absolute Gasteiger partial charge is 0.243 e. The van der Waals surface area contributed by atoms with E-state index in [0.717, 1.165) is 0 Å². The van der Waals surface area contributed by atoms with E-state index in [9.17, 15) is 8.42 Å². The second-order valence-electron chi connectivity index (χ2n) is 3.97. The third-order valence-electron chi connectivity index (χ3n) is 2.56. The maximum Gasteiger partial charge on any atom is 0.243 e. The Labute approximate surface area is 95.9 Å². The van der Waals surface area contributed by atoms with E-state index in [2.05, 4.69) is 9.82 Å². The van der Waals surface area contributed by atoms with E-state index in [1.807, 2.05) is 6.92 Å². The molecule has 6 nitrogen and oxygen atoms in total. The predicted octanol–water partition coefficient (Wildman–Crippen LogP) is -0.318. The molecule has 0 saturated heterocycles. The Bertz CT molecular complexity index is 440. The first-order chi connectivity index (χ1) is 7.36. The van der Waals surface area contributed by atoms with Gasteiger partial charge in [0.1, 0.15) is 4.90 Å². The molecule has 1 heterocycles. The van der Waals surface area contributed by atoms with Crippen LogP contribution in [0, 0.1) is 5.92 Å². The summed E-state index contributed by atoms with van der Waals surface area (Å²) in [4.78, 5) is 0.172. The zero-order chi connectivity index (χ0) is 12.3. The zero-order valence-electron chi connectivity index (χ0n) is 9.71. The van der Waals surface area contributed by atoms with E-state index in [0.29, 0.717) is 6.54 Å². The molecule has 16 heavy (non-hydrogen) atoms. The SMILES string of the molecule is CC(CN)C(C)NS(=O)(=O)c1cnn(C)c1. The van der Waals surface area contributed by atoms with Crippen molar-refractivity contribution in [2.24, 2.45) is 18.7 Å². The van der Waals surface area contributed by atoms with Crippen LogP contribution < -0.4 is 10.5 Å². The van der Waals surface area contributed by atoms with E-state index >= 15 is 0 Å². The molecule has 0 aliphatic rings. The van der Waals surface area contributed by atoms with Gasteiger partial charge in [0.15, 0.2) is 0 Å². The topological polar surface area (TPSA) is 90.0 Å². The van der Waals surface area contributed by atoms with Crippen LogP contribution in [0.2, 0.25) is 0 Å². The van der Waals surface area contributed by atoms with Crippen molar-refractivity contribution in [2.75, 3.05) is 6.54 Å². The van der Waals surface area contributed by atoms with Crippen molar-refractivity contribution >= 4 is 10.0 Å². The first kappa shape index (κ1) is 13.1. The van der Waals surface area contributed by atoms with Gasteiger partial charge in [0.25, 0.3) is 0 Å². The molecule has 0 spiro atoms. The Morgan fingerprint density at radius 2 is 2.19 bits per heavy atom. The minimum atomic E-state index is -3.48. The van der Waals surface area contributed by atoms with Gasteiger partial charge in [0.05, 0.1) is 6.20 Å². The number of sulfonamides is 1. The third kappa shape index (κ3) is 3.03. The van der Waals surface area contributed by atoms with Gasteiger partial charge < -0.3 is 5.73 Å². The summed E-state index contributed by atoms with van der Waals surface area (Å²) < 4.78 is 27.8. The first-order valence-corrected chi connectivity index (χ1v) is 6.56. The maximum absolute atomic E-state index is 11.9. The molecule has 2 unspecified atom stereocenters. The molecule has 0 aliphatic carbocycles. The quantitative estimate of drug-likeness (QED) is 0.745. The van der Waals surface area contributed by atoms with Gasteiger partial charge in [-0.15, -0.1) is 0 Å². The third-order valence-corrected chi connectivity index (χ3v) is 4.07. The van der Waals surface area contributed by atoms with Crippen molar-refractivity contribution in [3.63, 3.8) is 0 Å². The fourth-order valence-electron chi connectivity index (χ4n) is 1.17. The Kier molecular flexibility index (Phi) is 4.06. The summed E-state index contributed by atoms with van der Waals surface area (Å²) in [6, 6.07) is -0.199. The lowest BCUT2D eigenvalue weighted by molar-refractivity contribution is 0.453. The Hall–Kier alpha value is -0.920. The Morgan fingerprint density at radius 1 is 1.56 bits per heavy atom. The van der Waals surface area contributed by atoms with E-state index in [-0.39, 0.29) is 16.9 Å². The lowest BCUT2D eigenvalue weighted by Crippen LogP contribution is -2.39. The van der Waals surface area contributed by atoms with Crippen molar-refractivity contribution < 1.29 is 8.42 Å². The zero-order valence-corrected chi connectivity index (χ0v) is 10.5. The highest BCUT2D eigenvalue weighted by Gasteiger charge is 2.21. The van der Waals surface area contributed by atoms with Crippen molar-refractivity contribution in [1.29, 1.82) is 0 Å². The molecule has 0 saturated carbocycles. The van der Waals surface area contributed by atoms with Crippen LogP contribution in [0.5, 0.6) is 0 Å². The van der Waals surface area contributed by atoms with Gasteiger partial charge in [-0.3, -0.25) is 4.68 Å². The summed E-state index contributed by atoms with van der Waals surface area (Å²) in [7, 11) is -1.81. The number of hydrogen-bond acceptors (Lipinski definition) is 4. The van der Waals surface area contributed by atoms with Crippen LogP contribution in [0.15, 0.2) is 17.3 Å². The van der Waals surface area contributed by atoms with Crippen LogP contribution >= 0.6 is 0 Å². The van der Waals surface area contributed by atoms with Gasteiger partial charge >= 0.3 is 0 Å². The minimum absolute atomic E-state index is 0.0893. The summed E-state index contributed by atoms with van der Waals surface area (Å²) >= 11 is 0. The number of aromatic nitrogens is 2. The fraction of sp³-hybridized carbons (Fsp3) is 0.667. The molecule has 0 aromatic carbocycles. The normalized spacial score (nSPS) is 16.0. The van der Waals surface area contributed by atoms with Crippen LogP contribution in [0.3, 0.4) is 0 Å². The fourth-order valence-corrected chi connectivity index (χ4v) is 2.51. The number of nitrogens with one attached hydrogen (secondary N) is 1. The van der Waals surface area contributed by atoms with Crippen LogP contribution in [0.1, 0.15) is 13.8 Å². The van der Waals surface area contributed by atoms with Gasteiger partial charge in [-0.25, -0.2) is 13.1 Å². The molecule has 3 N–H and O–H groups in total. The molecule has 0 aliphatic heterocycles. The number of hydrogen-bond donors (Lipinski definition) is 2. The van der Waals surface area contributed by atoms with E-state index in [1.54, 1.807) is 14.0 Å². The van der Waals surface area contributed by atoms with Gasteiger partial charge in [-0.05, 0) is 19.4 Å². The Balaban J connectivity index is 2.80. The first-order valence-electron chi connectivity index (χ1n) is 5.08. The molecule has 0 bridgehead atoms. The van der Waals surface area contributed by atoms with Crippen molar-refractivity contribution in [1.82, 2.24) is 14.5 Å². The van der Waals surface area contributed by atoms with E-state index in [1.165, 1.54) is 17.1 Å². The predicted molar refractivity (Wildman–Crippen MR) is 61.2 cm³/mol. The molecule has 1 aromatic heterocycles. The highest BCUT2D eigenvalue weighted by molar-refractivity contribution is 7.89. The van der Waals surface area contributed by atoms with Gasteiger partial charge in [0, 0.05) is 19.3 Å². The molecular formula is C9H18N4O2S. The molecule has 1 aromatic rings. The molecule has 2 atom stereocenters. The lowest BCUT2D eigenvalue weighted by Gasteiger charge is -2.18. The number of rotatable bonds is 5. The maximum atomic E-state index is 11.9. The minimum Gasteiger partial charge on any atom is -0.330 e. The average molecular weight is 246 g/mol. The van der Waals surface area contributed by atoms with Gasteiger partial charge in [-0.2, -0.15) is 5.10 Å². The second kappa shape index (κ2) is 4.94. The van der Waals surface area contributed by atoms with Gasteiger partial charge in [-0.1, -0.05) is 6.92 Å². The second-order valence-corrected chi connectivity index (χ2v) is 5.69. The van der Waals surface area contributed by atoms with Crippen molar-refractivity contribution in [3.8, 4) is 0 Å². The van der Waals surface area contributed by atoms with E-state index in [4.69, 9.17) is 5.73 Å². The monoisotopic (exact) mass is 246 g/mol. The molecule has 0 radical (unpaired) electrons. The molecule has 1 rings (SSSR count). The van der Waals surface area contributed by atoms with Crippen LogP contribution in [-0.2, 0) is 17.1 Å². The number of nitrogens with two attached hydrogens (primary N) is 1. The Morgan fingerprint density at radius 3 is 2.62 bits per heavy atom. The average Bonchev–Trinajstić information content (AvgIpc) is 2.63. The summed E-state index contributed by atoms with van der Waals surface area (Å²) in [5.74, 6) is 0.0893. The summed E-state index contributed by atoms with van der Waals surface area (Å²) in [5, 5.41) is 3.83. The molecule has 7 heteroatoms. The lowest BCUT2D eigenvalue weighted by atomic mass is 10.1. The highest BCUT2D eigenvalue weighted by Crippen LogP contribution is 2.09. The van der Waals surface area contributed by atoms with Gasteiger partial charge in [0.2, 0.25) is 10.0 Å². The number of aryl methyl sites for hydroxylation is 1. The molecular weight excluding hydrogens is 228 g/mol. The largest absolute Gasteiger partial charge is 0.330 e. The molecule has 0 fully saturated rings. The van der Waals surface area contributed by atoms with Crippen LogP contribution in [0.25, 0.3) is 0 Å². The van der Waals surface area contributed by atoms with Crippen LogP contribution in [-0.4, -0.2) is 30.8 Å². The number of nitrogens with zero attached hydrogens (tertiary/aromatic N) is 2. The van der Waals surface area contributed by atoms with Crippen molar-refractivity contribution in [3.05, 3.63) is 12.4 Å². The van der Waals surface area contributed by atoms with E-state index < -0.39 is 10.0 Å². The molecule has 92 valence electrons. The summed E-state index contributed by atoms with van der Waals surface area (Å²) in [6.45, 7) is 4.14. The standard InChI is InChI=1S/C9H18N4O2S/c1-7(4-10)8(2)12-16(14,15)9-5-11-13(3)6-9/h5-8,12H,4,10H2,1-3H3. The van der Waals surface area contributed by atoms with Crippen molar-refractivity contribution in [2.45, 2.75) is 24.8 Å².